The van der Waals surface area contributed by atoms with Gasteiger partial charge in [-0.1, -0.05) is 0 Å². The number of anilines is 1. The molecule has 2 fully saturated rings. The molecule has 0 radical (unpaired) electrons. The molecule has 0 aromatic carbocycles. The maximum Gasteiger partial charge on any atom is 0.293 e. The summed E-state index contributed by atoms with van der Waals surface area (Å²) in [5, 5.41) is 12.9. The average Bonchev–Trinajstić information content (AvgIpc) is 2.62. The number of aromatic nitrogens is 2. The molecule has 2 N–H and O–H groups in total. The molecule has 8 nitrogen and oxygen atoms in total. The number of rotatable bonds is 3. The van der Waals surface area contributed by atoms with Gasteiger partial charge >= 0.3 is 0 Å². The number of hydrogen-bond donors (Lipinski definition) is 2. The van der Waals surface area contributed by atoms with E-state index >= 15 is 0 Å². The number of morpholine rings is 1. The Labute approximate surface area is 154 Å². The highest BCUT2D eigenvalue weighted by molar-refractivity contribution is 5.37. The molecule has 0 aliphatic carbocycles. The van der Waals surface area contributed by atoms with Gasteiger partial charge in [-0.05, 0) is 52.8 Å². The molecule has 0 spiro atoms. The monoisotopic (exact) mass is 366 g/mol. The number of aliphatic hydroxyl groups is 1. The highest BCUT2D eigenvalue weighted by atomic mass is 16.6. The Bertz CT molecular complexity index is 558. The van der Waals surface area contributed by atoms with Crippen molar-refractivity contribution in [3.63, 3.8) is 0 Å². The lowest BCUT2D eigenvalue weighted by Gasteiger charge is -2.30. The number of piperidine rings is 1. The van der Waals surface area contributed by atoms with Crippen LogP contribution in [0.15, 0.2) is 12.3 Å². The van der Waals surface area contributed by atoms with E-state index in [1.165, 1.54) is 0 Å². The van der Waals surface area contributed by atoms with E-state index in [1.54, 1.807) is 0 Å². The Morgan fingerprint density at radius 1 is 1.38 bits per heavy atom. The second-order valence-electron chi connectivity index (χ2n) is 7.40. The van der Waals surface area contributed by atoms with E-state index < -0.39 is 6.29 Å². The molecule has 2 aliphatic heterocycles. The minimum Gasteiger partial charge on any atom is -0.462 e. The zero-order valence-corrected chi connectivity index (χ0v) is 15.9. The zero-order chi connectivity index (χ0) is 19.0. The fraction of sp³-hybridized carbons (Fsp3) is 0.722. The molecule has 146 valence electrons. The van der Waals surface area contributed by atoms with Crippen molar-refractivity contribution < 1.29 is 19.4 Å². The molecule has 2 aliphatic rings. The first-order valence-corrected chi connectivity index (χ1v) is 9.09. The number of carbonyl (C=O) groups excluding carboxylic acids is 1. The van der Waals surface area contributed by atoms with Crippen molar-refractivity contribution in [2.45, 2.75) is 51.4 Å². The van der Waals surface area contributed by atoms with Crippen molar-refractivity contribution in [3.8, 4) is 0 Å². The Balaban J connectivity index is 0.000000298. The number of β-amino-alcohol motifs (C(OH)–C–C–N with tert-alkyl or cyclic N) is 1. The van der Waals surface area contributed by atoms with Gasteiger partial charge in [-0.15, -0.1) is 0 Å². The molecule has 1 atom stereocenters. The SMILES string of the molecule is CC(C)(C)OC=O.OC1CN(c2nccc(C3CCNCC3)n2)CCO1. The number of carbonyl (C=O) groups is 1. The summed E-state index contributed by atoms with van der Waals surface area (Å²) >= 11 is 0. The van der Waals surface area contributed by atoms with Gasteiger partial charge in [-0.3, -0.25) is 4.79 Å². The second kappa shape index (κ2) is 9.80. The Hall–Kier alpha value is -1.77. The van der Waals surface area contributed by atoms with Gasteiger partial charge in [0.1, 0.15) is 5.60 Å². The molecule has 0 saturated carbocycles. The summed E-state index contributed by atoms with van der Waals surface area (Å²) in [5.41, 5.74) is 0.800. The van der Waals surface area contributed by atoms with E-state index in [0.29, 0.717) is 31.5 Å². The van der Waals surface area contributed by atoms with Crippen molar-refractivity contribution in [1.29, 1.82) is 0 Å². The number of aliphatic hydroxyl groups excluding tert-OH is 1. The third-order valence-corrected chi connectivity index (χ3v) is 4.15. The number of hydrogen-bond acceptors (Lipinski definition) is 8. The van der Waals surface area contributed by atoms with Crippen LogP contribution < -0.4 is 10.2 Å². The van der Waals surface area contributed by atoms with Gasteiger partial charge in [0.25, 0.3) is 6.47 Å². The highest BCUT2D eigenvalue weighted by Crippen LogP contribution is 2.24. The van der Waals surface area contributed by atoms with Gasteiger partial charge < -0.3 is 24.8 Å². The first kappa shape index (κ1) is 20.5. The Kier molecular flexibility index (Phi) is 7.74. The first-order chi connectivity index (χ1) is 12.4. The summed E-state index contributed by atoms with van der Waals surface area (Å²) in [6.07, 6.45) is 3.34. The minimum atomic E-state index is -0.736. The van der Waals surface area contributed by atoms with Crippen molar-refractivity contribution in [2.24, 2.45) is 0 Å². The van der Waals surface area contributed by atoms with Crippen LogP contribution in [-0.2, 0) is 14.3 Å². The molecular formula is C18H30N4O4. The summed E-state index contributed by atoms with van der Waals surface area (Å²) in [6.45, 7) is 9.72. The predicted octanol–water partition coefficient (Wildman–Crippen LogP) is 1.06. The molecule has 3 rings (SSSR count). The van der Waals surface area contributed by atoms with Gasteiger partial charge in [-0.25, -0.2) is 9.97 Å². The smallest absolute Gasteiger partial charge is 0.293 e. The molecule has 1 aromatic heterocycles. The van der Waals surface area contributed by atoms with Crippen LogP contribution in [0.3, 0.4) is 0 Å². The minimum absolute atomic E-state index is 0.318. The molecule has 1 unspecified atom stereocenters. The number of nitrogens with one attached hydrogen (secondary N) is 1. The molecule has 8 heteroatoms. The van der Waals surface area contributed by atoms with Crippen LogP contribution in [0.1, 0.15) is 45.2 Å². The molecule has 0 amide bonds. The maximum atomic E-state index is 9.60. The van der Waals surface area contributed by atoms with Gasteiger partial charge in [-0.2, -0.15) is 0 Å². The average molecular weight is 366 g/mol. The Morgan fingerprint density at radius 3 is 2.69 bits per heavy atom. The van der Waals surface area contributed by atoms with E-state index in [-0.39, 0.29) is 5.60 Å². The Morgan fingerprint density at radius 2 is 2.12 bits per heavy atom. The quantitative estimate of drug-likeness (QED) is 0.767. The maximum absolute atomic E-state index is 9.60. The van der Waals surface area contributed by atoms with E-state index in [9.17, 15) is 9.90 Å². The largest absolute Gasteiger partial charge is 0.462 e. The molecule has 0 bridgehead atoms. The van der Waals surface area contributed by atoms with Crippen LogP contribution in [0.25, 0.3) is 0 Å². The van der Waals surface area contributed by atoms with E-state index in [0.717, 1.165) is 38.2 Å². The fourth-order valence-electron chi connectivity index (χ4n) is 2.82. The van der Waals surface area contributed by atoms with Crippen molar-refractivity contribution in [1.82, 2.24) is 15.3 Å². The summed E-state index contributed by atoms with van der Waals surface area (Å²) in [7, 11) is 0. The van der Waals surface area contributed by atoms with Crippen LogP contribution in [0, 0.1) is 0 Å². The van der Waals surface area contributed by atoms with Gasteiger partial charge in [0.15, 0.2) is 6.29 Å². The standard InChI is InChI=1S/C13H20N4O2.C5H10O2/c18-12-9-17(7-8-19-12)13-15-6-3-11(16-13)10-1-4-14-5-2-10;1-5(2,3)7-4-6/h3,6,10,12,14,18H,1-2,4-5,7-9H2;4H,1-3H3. The molecule has 2 saturated heterocycles. The van der Waals surface area contributed by atoms with Crippen LogP contribution in [0.4, 0.5) is 5.95 Å². The van der Waals surface area contributed by atoms with Crippen molar-refractivity contribution in [2.75, 3.05) is 37.7 Å². The van der Waals surface area contributed by atoms with Gasteiger partial charge in [0.05, 0.1) is 13.2 Å². The third kappa shape index (κ3) is 6.86. The summed E-state index contributed by atoms with van der Waals surface area (Å²) in [5.74, 6) is 1.23. The fourth-order valence-corrected chi connectivity index (χ4v) is 2.82. The molecular weight excluding hydrogens is 336 g/mol. The van der Waals surface area contributed by atoms with Crippen molar-refractivity contribution in [3.05, 3.63) is 18.0 Å². The summed E-state index contributed by atoms with van der Waals surface area (Å²) in [6, 6.07) is 2.01. The second-order valence-corrected chi connectivity index (χ2v) is 7.40. The third-order valence-electron chi connectivity index (χ3n) is 4.15. The van der Waals surface area contributed by atoms with E-state index in [4.69, 9.17) is 4.74 Å². The highest BCUT2D eigenvalue weighted by Gasteiger charge is 2.22. The van der Waals surface area contributed by atoms with E-state index in [2.05, 4.69) is 20.0 Å². The van der Waals surface area contributed by atoms with Crippen LogP contribution in [0.5, 0.6) is 0 Å². The lowest BCUT2D eigenvalue weighted by atomic mass is 9.94. The first-order valence-electron chi connectivity index (χ1n) is 9.09. The zero-order valence-electron chi connectivity index (χ0n) is 15.9. The molecule has 3 heterocycles. The molecule has 1 aromatic rings. The topological polar surface area (TPSA) is 96.8 Å². The lowest BCUT2D eigenvalue weighted by molar-refractivity contribution is -0.138. The molecule has 26 heavy (non-hydrogen) atoms. The van der Waals surface area contributed by atoms with Crippen LogP contribution >= 0.6 is 0 Å². The van der Waals surface area contributed by atoms with Gasteiger partial charge in [0, 0.05) is 24.4 Å². The lowest BCUT2D eigenvalue weighted by Crippen LogP contribution is -2.43. The number of nitrogens with zero attached hydrogens (tertiary/aromatic N) is 3. The summed E-state index contributed by atoms with van der Waals surface area (Å²) < 4.78 is 9.67. The van der Waals surface area contributed by atoms with Crippen molar-refractivity contribution >= 4 is 12.4 Å². The van der Waals surface area contributed by atoms with Gasteiger partial charge in [0.2, 0.25) is 5.95 Å². The van der Waals surface area contributed by atoms with Crippen LogP contribution in [-0.4, -0.2) is 66.2 Å². The number of ether oxygens (including phenoxy) is 2. The van der Waals surface area contributed by atoms with E-state index in [1.807, 2.05) is 37.9 Å². The normalized spacial score (nSPS) is 21.5. The summed E-state index contributed by atoms with van der Waals surface area (Å²) in [4.78, 5) is 20.6. The predicted molar refractivity (Wildman–Crippen MR) is 98.0 cm³/mol. The van der Waals surface area contributed by atoms with Crippen LogP contribution in [0.2, 0.25) is 0 Å².